The van der Waals surface area contributed by atoms with Crippen LogP contribution in [0.2, 0.25) is 5.02 Å². The lowest BCUT2D eigenvalue weighted by atomic mass is 9.93. The Morgan fingerprint density at radius 2 is 1.95 bits per heavy atom. The summed E-state index contributed by atoms with van der Waals surface area (Å²) in [6.07, 6.45) is 0.0899. The minimum Gasteiger partial charge on any atom is -0.485 e. The van der Waals surface area contributed by atoms with Gasteiger partial charge in [-0.15, -0.1) is 0 Å². The molecule has 0 bridgehead atoms. The first-order chi connectivity index (χ1) is 9.54. The summed E-state index contributed by atoms with van der Waals surface area (Å²) in [6.45, 7) is 0. The number of benzene rings is 2. The van der Waals surface area contributed by atoms with Crippen molar-refractivity contribution in [2.45, 2.75) is 18.6 Å². The van der Waals surface area contributed by atoms with E-state index >= 15 is 0 Å². The van der Waals surface area contributed by atoms with Crippen molar-refractivity contribution in [3.05, 3.63) is 64.2 Å². The van der Waals surface area contributed by atoms with Crippen LogP contribution in [0.4, 0.5) is 8.78 Å². The molecule has 0 radical (unpaired) electrons. The summed E-state index contributed by atoms with van der Waals surface area (Å²) < 4.78 is 32.5. The molecule has 0 aliphatic carbocycles. The minimum absolute atomic E-state index is 0.0660. The van der Waals surface area contributed by atoms with Gasteiger partial charge in [0.05, 0.1) is 5.02 Å². The van der Waals surface area contributed by atoms with Crippen molar-refractivity contribution in [2.75, 3.05) is 0 Å². The van der Waals surface area contributed by atoms with Crippen LogP contribution in [0.3, 0.4) is 0 Å². The second kappa shape index (κ2) is 5.04. The van der Waals surface area contributed by atoms with Gasteiger partial charge in [-0.1, -0.05) is 17.7 Å². The monoisotopic (exact) mass is 295 g/mol. The SMILES string of the molecule is NC1CC(c2ccc(Cl)c(F)c2)Oc2ccc(F)cc21. The molecule has 2 nitrogen and oxygen atoms in total. The van der Waals surface area contributed by atoms with Crippen LogP contribution in [-0.4, -0.2) is 0 Å². The number of hydrogen-bond donors (Lipinski definition) is 1. The topological polar surface area (TPSA) is 35.2 Å². The van der Waals surface area contributed by atoms with Gasteiger partial charge in [0.25, 0.3) is 0 Å². The van der Waals surface area contributed by atoms with E-state index in [9.17, 15) is 8.78 Å². The highest BCUT2D eigenvalue weighted by atomic mass is 35.5. The van der Waals surface area contributed by atoms with Crippen LogP contribution in [0.1, 0.15) is 29.7 Å². The zero-order valence-corrected chi connectivity index (χ0v) is 11.2. The molecular formula is C15H12ClF2NO. The highest BCUT2D eigenvalue weighted by molar-refractivity contribution is 6.30. The zero-order chi connectivity index (χ0) is 14.3. The lowest BCUT2D eigenvalue weighted by molar-refractivity contribution is 0.160. The van der Waals surface area contributed by atoms with E-state index in [2.05, 4.69) is 0 Å². The number of hydrogen-bond acceptors (Lipinski definition) is 2. The minimum atomic E-state index is -0.494. The molecule has 2 aromatic rings. The summed E-state index contributed by atoms with van der Waals surface area (Å²) in [5, 5.41) is 0.0660. The normalized spacial score (nSPS) is 21.2. The van der Waals surface area contributed by atoms with Crippen LogP contribution in [0.5, 0.6) is 5.75 Å². The molecule has 0 saturated heterocycles. The van der Waals surface area contributed by atoms with Crippen LogP contribution < -0.4 is 10.5 Å². The number of nitrogens with two attached hydrogens (primary N) is 1. The second-order valence-electron chi connectivity index (χ2n) is 4.80. The Morgan fingerprint density at radius 1 is 1.15 bits per heavy atom. The van der Waals surface area contributed by atoms with Crippen LogP contribution in [-0.2, 0) is 0 Å². The maximum atomic E-state index is 13.5. The summed E-state index contributed by atoms with van der Waals surface area (Å²) in [4.78, 5) is 0. The number of rotatable bonds is 1. The van der Waals surface area contributed by atoms with Gasteiger partial charge in [0.15, 0.2) is 0 Å². The predicted octanol–water partition coefficient (Wildman–Crippen LogP) is 4.14. The third kappa shape index (κ3) is 2.37. The first-order valence-electron chi connectivity index (χ1n) is 6.21. The van der Waals surface area contributed by atoms with Gasteiger partial charge in [0.2, 0.25) is 0 Å². The van der Waals surface area contributed by atoms with Crippen molar-refractivity contribution >= 4 is 11.6 Å². The third-order valence-corrected chi connectivity index (χ3v) is 3.73. The molecule has 1 aliphatic rings. The van der Waals surface area contributed by atoms with Crippen LogP contribution >= 0.6 is 11.6 Å². The third-order valence-electron chi connectivity index (χ3n) is 3.42. The first kappa shape index (κ1) is 13.3. The molecule has 0 saturated carbocycles. The smallest absolute Gasteiger partial charge is 0.142 e. The van der Waals surface area contributed by atoms with Gasteiger partial charge in [0, 0.05) is 18.0 Å². The molecule has 1 aliphatic heterocycles. The van der Waals surface area contributed by atoms with Gasteiger partial charge in [-0.2, -0.15) is 0 Å². The lowest BCUT2D eigenvalue weighted by Crippen LogP contribution is -2.24. The van der Waals surface area contributed by atoms with E-state index in [0.29, 0.717) is 23.3 Å². The van der Waals surface area contributed by atoms with Crippen LogP contribution in [0.15, 0.2) is 36.4 Å². The summed E-state index contributed by atoms with van der Waals surface area (Å²) in [7, 11) is 0. The van der Waals surface area contributed by atoms with Crippen molar-refractivity contribution in [3.63, 3.8) is 0 Å². The molecule has 0 aromatic heterocycles. The van der Waals surface area contributed by atoms with Crippen molar-refractivity contribution < 1.29 is 13.5 Å². The van der Waals surface area contributed by atoms with Gasteiger partial charge in [-0.3, -0.25) is 0 Å². The molecule has 0 amide bonds. The molecule has 1 heterocycles. The maximum absolute atomic E-state index is 13.5. The van der Waals surface area contributed by atoms with Crippen LogP contribution in [0, 0.1) is 11.6 Å². The van der Waals surface area contributed by atoms with Gasteiger partial charge >= 0.3 is 0 Å². The zero-order valence-electron chi connectivity index (χ0n) is 10.4. The summed E-state index contributed by atoms with van der Waals surface area (Å²) in [6, 6.07) is 8.42. The fourth-order valence-corrected chi connectivity index (χ4v) is 2.51. The first-order valence-corrected chi connectivity index (χ1v) is 6.59. The van der Waals surface area contributed by atoms with E-state index < -0.39 is 5.82 Å². The molecule has 2 unspecified atom stereocenters. The maximum Gasteiger partial charge on any atom is 0.142 e. The van der Waals surface area contributed by atoms with Gasteiger partial charge in [0.1, 0.15) is 23.5 Å². The average molecular weight is 296 g/mol. The summed E-state index contributed by atoms with van der Waals surface area (Å²) in [5.41, 5.74) is 7.34. The Balaban J connectivity index is 1.94. The van der Waals surface area contributed by atoms with Gasteiger partial charge in [-0.05, 0) is 35.9 Å². The number of ether oxygens (including phenoxy) is 1. The summed E-state index contributed by atoms with van der Waals surface area (Å²) in [5.74, 6) is -0.310. The lowest BCUT2D eigenvalue weighted by Gasteiger charge is -2.30. The van der Waals surface area contributed by atoms with Crippen molar-refractivity contribution in [1.29, 1.82) is 0 Å². The van der Waals surface area contributed by atoms with Gasteiger partial charge < -0.3 is 10.5 Å². The quantitative estimate of drug-likeness (QED) is 0.858. The van der Waals surface area contributed by atoms with E-state index in [1.54, 1.807) is 12.1 Å². The summed E-state index contributed by atoms with van der Waals surface area (Å²) >= 11 is 5.66. The molecule has 5 heteroatoms. The van der Waals surface area contributed by atoms with Crippen LogP contribution in [0.25, 0.3) is 0 Å². The largest absolute Gasteiger partial charge is 0.485 e. The molecule has 0 spiro atoms. The Bertz CT molecular complexity index is 662. The highest BCUT2D eigenvalue weighted by Gasteiger charge is 2.27. The Hall–Kier alpha value is -1.65. The number of fused-ring (bicyclic) bond motifs is 1. The van der Waals surface area contributed by atoms with E-state index in [1.165, 1.54) is 24.3 Å². The average Bonchev–Trinajstić information content (AvgIpc) is 2.42. The van der Waals surface area contributed by atoms with Gasteiger partial charge in [-0.25, -0.2) is 8.78 Å². The van der Waals surface area contributed by atoms with Crippen molar-refractivity contribution in [3.8, 4) is 5.75 Å². The number of halogens is 3. The standard InChI is InChI=1S/C15H12ClF2NO/c16-11-3-1-8(5-12(11)18)15-7-13(19)10-6-9(17)2-4-14(10)20-15/h1-6,13,15H,7,19H2. The Kier molecular flexibility index (Phi) is 3.36. The molecule has 20 heavy (non-hydrogen) atoms. The Labute approximate surface area is 120 Å². The van der Waals surface area contributed by atoms with E-state index in [0.717, 1.165) is 0 Å². The Morgan fingerprint density at radius 3 is 2.70 bits per heavy atom. The van der Waals surface area contributed by atoms with Crippen molar-refractivity contribution in [2.24, 2.45) is 5.73 Å². The fourth-order valence-electron chi connectivity index (χ4n) is 2.39. The second-order valence-corrected chi connectivity index (χ2v) is 5.21. The van der Waals surface area contributed by atoms with E-state index in [1.807, 2.05) is 0 Å². The highest BCUT2D eigenvalue weighted by Crippen LogP contribution is 2.40. The predicted molar refractivity (Wildman–Crippen MR) is 72.7 cm³/mol. The molecule has 3 rings (SSSR count). The molecule has 2 N–H and O–H groups in total. The molecule has 104 valence electrons. The molecule has 0 fully saturated rings. The van der Waals surface area contributed by atoms with E-state index in [-0.39, 0.29) is 23.0 Å². The fraction of sp³-hybridized carbons (Fsp3) is 0.200. The molecule has 2 aromatic carbocycles. The van der Waals surface area contributed by atoms with Crippen molar-refractivity contribution in [1.82, 2.24) is 0 Å². The molecular weight excluding hydrogens is 284 g/mol. The van der Waals surface area contributed by atoms with E-state index in [4.69, 9.17) is 22.1 Å². The molecule has 2 atom stereocenters.